The molecule has 0 amide bonds. The Bertz CT molecular complexity index is 424. The fourth-order valence-electron chi connectivity index (χ4n) is 1.20. The van der Waals surface area contributed by atoms with Gasteiger partial charge in [-0.1, -0.05) is 23.9 Å². The van der Waals surface area contributed by atoms with Crippen molar-refractivity contribution in [2.24, 2.45) is 5.41 Å². The summed E-state index contributed by atoms with van der Waals surface area (Å²) in [4.78, 5) is 11.4. The SMILES string of the molecule is CC(C)(CNc1ccccc1SC(F)F)C(=O)O. The Kier molecular flexibility index (Phi) is 4.95. The summed E-state index contributed by atoms with van der Waals surface area (Å²) in [7, 11) is 0. The molecule has 0 aliphatic rings. The Labute approximate surface area is 109 Å². The van der Waals surface area contributed by atoms with Crippen LogP contribution in [0.1, 0.15) is 13.8 Å². The van der Waals surface area contributed by atoms with Crippen LogP contribution in [0.2, 0.25) is 0 Å². The lowest BCUT2D eigenvalue weighted by atomic mass is 9.94. The largest absolute Gasteiger partial charge is 0.481 e. The summed E-state index contributed by atoms with van der Waals surface area (Å²) in [6.45, 7) is 3.32. The summed E-state index contributed by atoms with van der Waals surface area (Å²) >= 11 is 0.441. The van der Waals surface area contributed by atoms with Crippen molar-refractivity contribution in [3.05, 3.63) is 24.3 Å². The van der Waals surface area contributed by atoms with Gasteiger partial charge in [0.25, 0.3) is 5.76 Å². The predicted molar refractivity (Wildman–Crippen MR) is 68.2 cm³/mol. The van der Waals surface area contributed by atoms with E-state index >= 15 is 0 Å². The lowest BCUT2D eigenvalue weighted by Gasteiger charge is -2.21. The molecule has 100 valence electrons. The topological polar surface area (TPSA) is 49.3 Å². The highest BCUT2D eigenvalue weighted by Gasteiger charge is 2.27. The Morgan fingerprint density at radius 1 is 1.44 bits per heavy atom. The van der Waals surface area contributed by atoms with Crippen molar-refractivity contribution < 1.29 is 18.7 Å². The summed E-state index contributed by atoms with van der Waals surface area (Å²) in [5, 5.41) is 11.9. The van der Waals surface area contributed by atoms with Gasteiger partial charge in [-0.25, -0.2) is 0 Å². The number of anilines is 1. The van der Waals surface area contributed by atoms with E-state index in [0.717, 1.165) is 0 Å². The number of aliphatic carboxylic acids is 1. The molecule has 1 aromatic carbocycles. The van der Waals surface area contributed by atoms with Gasteiger partial charge >= 0.3 is 5.97 Å². The molecule has 6 heteroatoms. The van der Waals surface area contributed by atoms with Crippen LogP contribution in [-0.2, 0) is 4.79 Å². The molecule has 1 aromatic rings. The number of thioether (sulfide) groups is 1. The van der Waals surface area contributed by atoms with Crippen LogP contribution in [0.15, 0.2) is 29.2 Å². The minimum Gasteiger partial charge on any atom is -0.481 e. The molecule has 3 nitrogen and oxygen atoms in total. The molecule has 0 spiro atoms. The van der Waals surface area contributed by atoms with Crippen LogP contribution < -0.4 is 5.32 Å². The fraction of sp³-hybridized carbons (Fsp3) is 0.417. The van der Waals surface area contributed by atoms with Crippen LogP contribution in [0.5, 0.6) is 0 Å². The van der Waals surface area contributed by atoms with Gasteiger partial charge in [0.15, 0.2) is 0 Å². The summed E-state index contributed by atoms with van der Waals surface area (Å²) < 4.78 is 24.7. The van der Waals surface area contributed by atoms with Gasteiger partial charge in [-0.05, 0) is 26.0 Å². The summed E-state index contributed by atoms with van der Waals surface area (Å²) in [5.41, 5.74) is -0.431. The number of alkyl halides is 2. The number of halogens is 2. The van der Waals surface area contributed by atoms with Crippen molar-refractivity contribution in [2.75, 3.05) is 11.9 Å². The normalized spacial score (nSPS) is 11.6. The van der Waals surface area contributed by atoms with Crippen LogP contribution in [0.4, 0.5) is 14.5 Å². The zero-order chi connectivity index (χ0) is 13.8. The van der Waals surface area contributed by atoms with Crippen LogP contribution in [0.3, 0.4) is 0 Å². The van der Waals surface area contributed by atoms with E-state index in [1.54, 1.807) is 38.1 Å². The van der Waals surface area contributed by atoms with Gasteiger partial charge in [0.1, 0.15) is 0 Å². The van der Waals surface area contributed by atoms with Gasteiger partial charge in [-0.3, -0.25) is 4.79 Å². The molecule has 0 aromatic heterocycles. The quantitative estimate of drug-likeness (QED) is 0.780. The van der Waals surface area contributed by atoms with E-state index in [1.807, 2.05) is 0 Å². The minimum absolute atomic E-state index is 0.170. The second-order valence-electron chi connectivity index (χ2n) is 4.42. The van der Waals surface area contributed by atoms with Crippen molar-refractivity contribution >= 4 is 23.4 Å². The van der Waals surface area contributed by atoms with Gasteiger partial charge in [0.05, 0.1) is 5.41 Å². The number of benzene rings is 1. The Hall–Kier alpha value is -1.30. The van der Waals surface area contributed by atoms with Crippen LogP contribution in [0.25, 0.3) is 0 Å². The third-order valence-corrected chi connectivity index (χ3v) is 3.19. The smallest absolute Gasteiger partial charge is 0.310 e. The first-order chi connectivity index (χ1) is 8.33. The number of rotatable bonds is 6. The average molecular weight is 275 g/mol. The second-order valence-corrected chi connectivity index (χ2v) is 5.45. The monoisotopic (exact) mass is 275 g/mol. The lowest BCUT2D eigenvalue weighted by molar-refractivity contribution is -0.146. The Balaban J connectivity index is 2.76. The third kappa shape index (κ3) is 4.18. The maximum Gasteiger partial charge on any atom is 0.310 e. The number of carbonyl (C=O) groups is 1. The summed E-state index contributed by atoms with van der Waals surface area (Å²) in [6, 6.07) is 6.61. The highest BCUT2D eigenvalue weighted by Crippen LogP contribution is 2.32. The molecule has 0 fully saturated rings. The van der Waals surface area contributed by atoms with Crippen molar-refractivity contribution in [1.29, 1.82) is 0 Å². The molecule has 0 aliphatic carbocycles. The van der Waals surface area contributed by atoms with Crippen molar-refractivity contribution in [1.82, 2.24) is 0 Å². The number of hydrogen-bond donors (Lipinski definition) is 2. The Morgan fingerprint density at radius 3 is 2.61 bits per heavy atom. The molecule has 18 heavy (non-hydrogen) atoms. The van der Waals surface area contributed by atoms with E-state index in [0.29, 0.717) is 22.3 Å². The standard InChI is InChI=1S/C12H15F2NO2S/c1-12(2,10(16)17)7-15-8-5-3-4-6-9(8)18-11(13)14/h3-6,11,15H,7H2,1-2H3,(H,16,17). The van der Waals surface area contributed by atoms with Gasteiger partial charge in [0.2, 0.25) is 0 Å². The highest BCUT2D eigenvalue weighted by atomic mass is 32.2. The predicted octanol–water partition coefficient (Wildman–Crippen LogP) is 3.52. The first kappa shape index (κ1) is 14.8. The highest BCUT2D eigenvalue weighted by molar-refractivity contribution is 7.99. The zero-order valence-electron chi connectivity index (χ0n) is 10.1. The molecular formula is C12H15F2NO2S. The zero-order valence-corrected chi connectivity index (χ0v) is 10.9. The number of carboxylic acids is 1. The summed E-state index contributed by atoms with van der Waals surface area (Å²) in [5.74, 6) is -3.44. The number of para-hydroxylation sites is 1. The maximum absolute atomic E-state index is 12.3. The van der Waals surface area contributed by atoms with E-state index in [4.69, 9.17) is 5.11 Å². The molecule has 2 N–H and O–H groups in total. The molecule has 0 radical (unpaired) electrons. The van der Waals surface area contributed by atoms with Gasteiger partial charge in [-0.15, -0.1) is 0 Å². The second kappa shape index (κ2) is 6.04. The molecule has 0 saturated carbocycles. The van der Waals surface area contributed by atoms with Gasteiger partial charge < -0.3 is 10.4 Å². The molecule has 0 saturated heterocycles. The Morgan fingerprint density at radius 2 is 2.06 bits per heavy atom. The first-order valence-electron chi connectivity index (χ1n) is 5.34. The maximum atomic E-state index is 12.3. The van der Waals surface area contributed by atoms with Gasteiger partial charge in [0, 0.05) is 17.1 Å². The van der Waals surface area contributed by atoms with Crippen molar-refractivity contribution in [2.45, 2.75) is 24.5 Å². The fourth-order valence-corrected chi connectivity index (χ4v) is 1.82. The van der Waals surface area contributed by atoms with E-state index in [2.05, 4.69) is 5.32 Å². The molecule has 0 unspecified atom stereocenters. The molecule has 0 heterocycles. The molecule has 0 bridgehead atoms. The van der Waals surface area contributed by atoms with Gasteiger partial charge in [-0.2, -0.15) is 8.78 Å². The summed E-state index contributed by atoms with van der Waals surface area (Å²) in [6.07, 6.45) is 0. The molecule has 0 atom stereocenters. The number of hydrogen-bond acceptors (Lipinski definition) is 3. The average Bonchev–Trinajstić information content (AvgIpc) is 2.27. The number of carboxylic acid groups (broad SMARTS) is 1. The molecular weight excluding hydrogens is 260 g/mol. The third-order valence-electron chi connectivity index (χ3n) is 2.40. The van der Waals surface area contributed by atoms with E-state index in [1.165, 1.54) is 0 Å². The van der Waals surface area contributed by atoms with E-state index in [-0.39, 0.29) is 6.54 Å². The molecule has 1 rings (SSSR count). The van der Waals surface area contributed by atoms with Crippen LogP contribution in [0, 0.1) is 5.41 Å². The molecule has 0 aliphatic heterocycles. The van der Waals surface area contributed by atoms with E-state index in [9.17, 15) is 13.6 Å². The van der Waals surface area contributed by atoms with Crippen LogP contribution >= 0.6 is 11.8 Å². The van der Waals surface area contributed by atoms with E-state index < -0.39 is 17.1 Å². The van der Waals surface area contributed by atoms with Crippen molar-refractivity contribution in [3.8, 4) is 0 Å². The van der Waals surface area contributed by atoms with Crippen LogP contribution in [-0.4, -0.2) is 23.4 Å². The minimum atomic E-state index is -2.50. The lowest BCUT2D eigenvalue weighted by Crippen LogP contribution is -2.31. The van der Waals surface area contributed by atoms with Crippen molar-refractivity contribution in [3.63, 3.8) is 0 Å². The first-order valence-corrected chi connectivity index (χ1v) is 6.22. The number of nitrogens with one attached hydrogen (secondary N) is 1.